The highest BCUT2D eigenvalue weighted by molar-refractivity contribution is 6.22. The molecule has 0 aliphatic carbocycles. The van der Waals surface area contributed by atoms with Crippen LogP contribution < -0.4 is 5.32 Å². The van der Waals surface area contributed by atoms with Crippen LogP contribution in [-0.2, 0) is 11.2 Å². The smallest absolute Gasteiger partial charge is 0.262 e. The molecule has 1 aliphatic heterocycles. The normalized spacial score (nSPS) is 12.9. The van der Waals surface area contributed by atoms with Gasteiger partial charge in [-0.05, 0) is 31.2 Å². The first-order chi connectivity index (χ1) is 14.0. The highest BCUT2D eigenvalue weighted by atomic mass is 16.4. The molecule has 0 atom stereocenters. The average Bonchev–Trinajstić information content (AvgIpc) is 3.22. The number of hydrogen-bond donors (Lipinski definition) is 1. The summed E-state index contributed by atoms with van der Waals surface area (Å²) in [6.07, 6.45) is 0.482. The van der Waals surface area contributed by atoms with Crippen LogP contribution in [0.1, 0.15) is 32.2 Å². The predicted molar refractivity (Wildman–Crippen MR) is 105 cm³/mol. The topological polar surface area (TPSA) is 92.5 Å². The van der Waals surface area contributed by atoms with Crippen molar-refractivity contribution in [3.8, 4) is 11.5 Å². The molecule has 7 heteroatoms. The Kier molecular flexibility index (Phi) is 4.95. The second-order valence-electron chi connectivity index (χ2n) is 6.73. The van der Waals surface area contributed by atoms with Gasteiger partial charge in [-0.2, -0.15) is 0 Å². The molecular formula is C22H19N3O4. The second-order valence-corrected chi connectivity index (χ2v) is 6.73. The van der Waals surface area contributed by atoms with E-state index in [4.69, 9.17) is 4.42 Å². The van der Waals surface area contributed by atoms with Crippen molar-refractivity contribution in [2.75, 3.05) is 13.1 Å². The fourth-order valence-corrected chi connectivity index (χ4v) is 3.27. The standard InChI is InChI=1S/C22H19N3O4/c1-14-18(24-20(29-14)15-7-3-2-4-8-15)11-12-23-19(26)13-25-21(27)16-9-5-6-10-17(16)22(25)28/h2-10H,11-13H2,1H3,(H,23,26). The van der Waals surface area contributed by atoms with Gasteiger partial charge >= 0.3 is 0 Å². The number of oxazole rings is 1. The van der Waals surface area contributed by atoms with Gasteiger partial charge in [-0.1, -0.05) is 30.3 Å². The highest BCUT2D eigenvalue weighted by Gasteiger charge is 2.36. The lowest BCUT2D eigenvalue weighted by atomic mass is 10.1. The van der Waals surface area contributed by atoms with Crippen molar-refractivity contribution < 1.29 is 18.8 Å². The highest BCUT2D eigenvalue weighted by Crippen LogP contribution is 2.22. The van der Waals surface area contributed by atoms with Crippen molar-refractivity contribution in [1.29, 1.82) is 0 Å². The van der Waals surface area contributed by atoms with Crippen LogP contribution >= 0.6 is 0 Å². The van der Waals surface area contributed by atoms with Gasteiger partial charge in [0.05, 0.1) is 16.8 Å². The number of carbonyl (C=O) groups is 3. The lowest BCUT2D eigenvalue weighted by molar-refractivity contribution is -0.121. The number of fused-ring (bicyclic) bond motifs is 1. The summed E-state index contributed by atoms with van der Waals surface area (Å²) >= 11 is 0. The zero-order valence-corrected chi connectivity index (χ0v) is 15.8. The molecule has 2 aromatic carbocycles. The summed E-state index contributed by atoms with van der Waals surface area (Å²) < 4.78 is 5.71. The molecule has 0 spiro atoms. The summed E-state index contributed by atoms with van der Waals surface area (Å²) in [5.41, 5.74) is 2.30. The van der Waals surface area contributed by atoms with E-state index in [0.717, 1.165) is 16.2 Å². The molecule has 2 heterocycles. The molecular weight excluding hydrogens is 370 g/mol. The van der Waals surface area contributed by atoms with Crippen LogP contribution in [0.15, 0.2) is 59.0 Å². The lowest BCUT2D eigenvalue weighted by Gasteiger charge is -2.13. The fraction of sp³-hybridized carbons (Fsp3) is 0.182. The number of rotatable bonds is 6. The quantitative estimate of drug-likeness (QED) is 0.654. The Hall–Kier alpha value is -3.74. The minimum absolute atomic E-state index is 0.306. The third-order valence-corrected chi connectivity index (χ3v) is 4.78. The molecule has 4 rings (SSSR count). The van der Waals surface area contributed by atoms with Gasteiger partial charge in [-0.15, -0.1) is 0 Å². The van der Waals surface area contributed by atoms with Gasteiger partial charge in [0.2, 0.25) is 11.8 Å². The van der Waals surface area contributed by atoms with Crippen LogP contribution in [0.2, 0.25) is 0 Å². The molecule has 7 nitrogen and oxygen atoms in total. The summed E-state index contributed by atoms with van der Waals surface area (Å²) in [5, 5.41) is 2.74. The molecule has 146 valence electrons. The summed E-state index contributed by atoms with van der Waals surface area (Å²) in [5.74, 6) is -0.0564. The average molecular weight is 389 g/mol. The number of aromatic nitrogens is 1. The number of benzene rings is 2. The van der Waals surface area contributed by atoms with Gasteiger partial charge < -0.3 is 9.73 Å². The van der Waals surface area contributed by atoms with Gasteiger partial charge in [0.25, 0.3) is 11.8 Å². The van der Waals surface area contributed by atoms with E-state index in [-0.39, 0.29) is 6.54 Å². The number of nitrogens with zero attached hydrogens (tertiary/aromatic N) is 2. The number of imide groups is 1. The molecule has 1 aliphatic rings. The number of aryl methyl sites for hydroxylation is 1. The van der Waals surface area contributed by atoms with Gasteiger partial charge in [-0.25, -0.2) is 4.98 Å². The van der Waals surface area contributed by atoms with E-state index in [9.17, 15) is 14.4 Å². The van der Waals surface area contributed by atoms with Crippen LogP contribution in [0.25, 0.3) is 11.5 Å². The van der Waals surface area contributed by atoms with E-state index in [2.05, 4.69) is 10.3 Å². The third kappa shape index (κ3) is 3.67. The second kappa shape index (κ2) is 7.71. The van der Waals surface area contributed by atoms with Crippen LogP contribution in [0.5, 0.6) is 0 Å². The largest absolute Gasteiger partial charge is 0.441 e. The maximum absolute atomic E-state index is 12.3. The van der Waals surface area contributed by atoms with Crippen molar-refractivity contribution in [3.05, 3.63) is 77.2 Å². The first-order valence-electron chi connectivity index (χ1n) is 9.28. The summed E-state index contributed by atoms with van der Waals surface area (Å²) in [6, 6.07) is 16.1. The Morgan fingerprint density at radius 1 is 1.00 bits per heavy atom. The predicted octanol–water partition coefficient (Wildman–Crippen LogP) is 2.60. The van der Waals surface area contributed by atoms with Gasteiger partial charge in [0, 0.05) is 18.5 Å². The maximum atomic E-state index is 12.3. The van der Waals surface area contributed by atoms with Gasteiger partial charge in [0.1, 0.15) is 12.3 Å². The molecule has 1 N–H and O–H groups in total. The minimum Gasteiger partial charge on any atom is -0.441 e. The van der Waals surface area contributed by atoms with E-state index in [1.54, 1.807) is 24.3 Å². The molecule has 0 bridgehead atoms. The number of hydrogen-bond acceptors (Lipinski definition) is 5. The van der Waals surface area contributed by atoms with E-state index in [0.29, 0.717) is 35.7 Å². The Morgan fingerprint density at radius 2 is 1.62 bits per heavy atom. The molecule has 29 heavy (non-hydrogen) atoms. The van der Waals surface area contributed by atoms with E-state index >= 15 is 0 Å². The fourth-order valence-electron chi connectivity index (χ4n) is 3.27. The summed E-state index contributed by atoms with van der Waals surface area (Å²) in [4.78, 5) is 42.3. The zero-order chi connectivity index (χ0) is 20.4. The van der Waals surface area contributed by atoms with Crippen molar-refractivity contribution >= 4 is 17.7 Å². The Morgan fingerprint density at radius 3 is 2.28 bits per heavy atom. The molecule has 0 radical (unpaired) electrons. The number of amides is 3. The van der Waals surface area contributed by atoms with Crippen LogP contribution in [0.3, 0.4) is 0 Å². The van der Waals surface area contributed by atoms with E-state index < -0.39 is 17.7 Å². The van der Waals surface area contributed by atoms with Gasteiger partial charge in [0.15, 0.2) is 0 Å². The molecule has 0 saturated carbocycles. The van der Waals surface area contributed by atoms with Crippen molar-refractivity contribution in [2.24, 2.45) is 0 Å². The summed E-state index contributed by atoms with van der Waals surface area (Å²) in [7, 11) is 0. The summed E-state index contributed by atoms with van der Waals surface area (Å²) in [6.45, 7) is 1.85. The van der Waals surface area contributed by atoms with Crippen LogP contribution in [-0.4, -0.2) is 40.7 Å². The zero-order valence-electron chi connectivity index (χ0n) is 15.8. The van der Waals surface area contributed by atoms with Crippen molar-refractivity contribution in [2.45, 2.75) is 13.3 Å². The van der Waals surface area contributed by atoms with E-state index in [1.165, 1.54) is 0 Å². The van der Waals surface area contributed by atoms with Crippen molar-refractivity contribution in [3.63, 3.8) is 0 Å². The Bertz CT molecular complexity index is 1050. The first kappa shape index (κ1) is 18.6. The van der Waals surface area contributed by atoms with Crippen LogP contribution in [0, 0.1) is 6.92 Å². The van der Waals surface area contributed by atoms with Crippen LogP contribution in [0.4, 0.5) is 0 Å². The number of nitrogens with one attached hydrogen (secondary N) is 1. The molecule has 3 amide bonds. The molecule has 0 saturated heterocycles. The first-order valence-corrected chi connectivity index (χ1v) is 9.28. The van der Waals surface area contributed by atoms with E-state index in [1.807, 2.05) is 37.3 Å². The maximum Gasteiger partial charge on any atom is 0.262 e. The Labute approximate surface area is 167 Å². The Balaban J connectivity index is 1.33. The molecule has 0 fully saturated rings. The van der Waals surface area contributed by atoms with Crippen molar-refractivity contribution in [1.82, 2.24) is 15.2 Å². The minimum atomic E-state index is -0.444. The molecule has 0 unspecified atom stereocenters. The monoisotopic (exact) mass is 389 g/mol. The molecule has 1 aromatic heterocycles. The lowest BCUT2D eigenvalue weighted by Crippen LogP contribution is -2.40. The SMILES string of the molecule is Cc1oc(-c2ccccc2)nc1CCNC(=O)CN1C(=O)c2ccccc2C1=O. The molecule has 3 aromatic rings. The third-order valence-electron chi connectivity index (χ3n) is 4.78. The van der Waals surface area contributed by atoms with Gasteiger partial charge in [-0.3, -0.25) is 19.3 Å². The number of carbonyl (C=O) groups excluding carboxylic acids is 3.